The molecule has 2 N–H and O–H groups in total. The van der Waals surface area contributed by atoms with Crippen molar-refractivity contribution < 1.29 is 18.7 Å². The number of hydrogen-bond donors (Lipinski definition) is 1. The predicted molar refractivity (Wildman–Crippen MR) is 78.3 cm³/mol. The van der Waals surface area contributed by atoms with Crippen molar-refractivity contribution in [2.24, 2.45) is 0 Å². The Morgan fingerprint density at radius 3 is 2.76 bits per heavy atom. The van der Waals surface area contributed by atoms with Crippen molar-refractivity contribution in [1.82, 2.24) is 0 Å². The van der Waals surface area contributed by atoms with Gasteiger partial charge in [-0.2, -0.15) is 0 Å². The number of hydrogen-bond acceptors (Lipinski definition) is 4. The minimum Gasteiger partial charge on any atom is -0.462 e. The number of nitrogens with two attached hydrogens (primary N) is 1. The molecular formula is C15H13ClFNO3. The molecule has 0 bridgehead atoms. The molecule has 0 unspecified atom stereocenters. The molecule has 0 fully saturated rings. The number of carbonyl (C=O) groups is 1. The fourth-order valence-electron chi connectivity index (χ4n) is 1.70. The number of anilines is 1. The monoisotopic (exact) mass is 309 g/mol. The Kier molecular flexibility index (Phi) is 4.65. The zero-order valence-electron chi connectivity index (χ0n) is 11.2. The lowest BCUT2D eigenvalue weighted by Crippen LogP contribution is -2.08. The second kappa shape index (κ2) is 6.45. The molecule has 0 heterocycles. The normalized spacial score (nSPS) is 10.2. The smallest absolute Gasteiger partial charge is 0.342 e. The topological polar surface area (TPSA) is 61.5 Å². The van der Waals surface area contributed by atoms with E-state index < -0.39 is 11.8 Å². The van der Waals surface area contributed by atoms with Crippen LogP contribution in [-0.4, -0.2) is 12.6 Å². The molecule has 6 heteroatoms. The van der Waals surface area contributed by atoms with Crippen LogP contribution in [0.4, 0.5) is 10.1 Å². The lowest BCUT2D eigenvalue weighted by molar-refractivity contribution is 0.0523. The lowest BCUT2D eigenvalue weighted by atomic mass is 10.1. The number of rotatable bonds is 4. The SMILES string of the molecule is CCOC(=O)c1cccc(N)c1Oc1ccc(F)c(Cl)c1. The van der Waals surface area contributed by atoms with Gasteiger partial charge in [0.2, 0.25) is 0 Å². The Bertz CT molecular complexity index is 676. The number of para-hydroxylation sites is 1. The summed E-state index contributed by atoms with van der Waals surface area (Å²) in [5.74, 6) is -0.688. The highest BCUT2D eigenvalue weighted by Crippen LogP contribution is 2.33. The molecule has 0 aliphatic carbocycles. The van der Waals surface area contributed by atoms with E-state index in [-0.39, 0.29) is 34.4 Å². The third kappa shape index (κ3) is 3.44. The average molecular weight is 310 g/mol. The molecular weight excluding hydrogens is 297 g/mol. The van der Waals surface area contributed by atoms with Crippen molar-refractivity contribution in [3.8, 4) is 11.5 Å². The van der Waals surface area contributed by atoms with Gasteiger partial charge in [-0.1, -0.05) is 17.7 Å². The van der Waals surface area contributed by atoms with E-state index in [1.165, 1.54) is 24.3 Å². The molecule has 0 aromatic heterocycles. The van der Waals surface area contributed by atoms with Gasteiger partial charge in [-0.15, -0.1) is 0 Å². The van der Waals surface area contributed by atoms with Crippen LogP contribution in [0.25, 0.3) is 0 Å². The van der Waals surface area contributed by atoms with Crippen LogP contribution in [0.2, 0.25) is 5.02 Å². The third-order valence-corrected chi connectivity index (χ3v) is 2.94. The Balaban J connectivity index is 2.38. The Hall–Kier alpha value is -2.27. The van der Waals surface area contributed by atoms with Gasteiger partial charge in [0.25, 0.3) is 0 Å². The maximum atomic E-state index is 13.1. The van der Waals surface area contributed by atoms with Gasteiger partial charge in [0, 0.05) is 6.07 Å². The standard InChI is InChI=1S/C15H13ClFNO3/c1-2-20-15(19)10-4-3-5-13(18)14(10)21-9-6-7-12(17)11(16)8-9/h3-8H,2,18H2,1H3. The summed E-state index contributed by atoms with van der Waals surface area (Å²) < 4.78 is 23.6. The summed E-state index contributed by atoms with van der Waals surface area (Å²) >= 11 is 5.69. The summed E-state index contributed by atoms with van der Waals surface area (Å²) in [5, 5.41) is -0.0836. The molecule has 2 aromatic carbocycles. The molecule has 0 saturated carbocycles. The first-order valence-corrected chi connectivity index (χ1v) is 6.59. The first-order chi connectivity index (χ1) is 10.0. The van der Waals surface area contributed by atoms with Crippen LogP contribution in [0.1, 0.15) is 17.3 Å². The van der Waals surface area contributed by atoms with Gasteiger partial charge in [0.15, 0.2) is 5.75 Å². The van der Waals surface area contributed by atoms with E-state index in [1.807, 2.05) is 0 Å². The summed E-state index contributed by atoms with van der Waals surface area (Å²) in [5.41, 5.74) is 6.29. The predicted octanol–water partition coefficient (Wildman–Crippen LogP) is 4.03. The number of halogens is 2. The van der Waals surface area contributed by atoms with Gasteiger partial charge < -0.3 is 15.2 Å². The zero-order chi connectivity index (χ0) is 15.4. The molecule has 0 spiro atoms. The van der Waals surface area contributed by atoms with Crippen LogP contribution in [-0.2, 0) is 4.74 Å². The highest BCUT2D eigenvalue weighted by atomic mass is 35.5. The molecule has 4 nitrogen and oxygen atoms in total. The maximum Gasteiger partial charge on any atom is 0.342 e. The number of nitrogen functional groups attached to an aromatic ring is 1. The first kappa shape index (κ1) is 15.1. The Morgan fingerprint density at radius 2 is 2.10 bits per heavy atom. The van der Waals surface area contributed by atoms with Gasteiger partial charge in [0.05, 0.1) is 17.3 Å². The zero-order valence-corrected chi connectivity index (χ0v) is 12.0. The largest absolute Gasteiger partial charge is 0.462 e. The number of carbonyl (C=O) groups excluding carboxylic acids is 1. The Labute approximate surface area is 126 Å². The number of benzene rings is 2. The fraction of sp³-hybridized carbons (Fsp3) is 0.133. The molecule has 0 aliphatic heterocycles. The van der Waals surface area contributed by atoms with Crippen LogP contribution in [0.3, 0.4) is 0 Å². The van der Waals surface area contributed by atoms with Crippen LogP contribution in [0, 0.1) is 5.82 Å². The van der Waals surface area contributed by atoms with Gasteiger partial charge in [-0.3, -0.25) is 0 Å². The van der Waals surface area contributed by atoms with E-state index in [1.54, 1.807) is 19.1 Å². The van der Waals surface area contributed by atoms with Gasteiger partial charge in [0.1, 0.15) is 17.1 Å². The highest BCUT2D eigenvalue weighted by Gasteiger charge is 2.17. The van der Waals surface area contributed by atoms with Crippen LogP contribution in [0.5, 0.6) is 11.5 Å². The maximum absolute atomic E-state index is 13.1. The van der Waals surface area contributed by atoms with Gasteiger partial charge in [-0.05, 0) is 31.2 Å². The second-order valence-electron chi connectivity index (χ2n) is 4.12. The minimum atomic E-state index is -0.560. The average Bonchev–Trinajstić information content (AvgIpc) is 2.45. The summed E-state index contributed by atoms with van der Waals surface area (Å²) in [6.07, 6.45) is 0. The van der Waals surface area contributed by atoms with Crippen LogP contribution >= 0.6 is 11.6 Å². The molecule has 0 aliphatic rings. The Morgan fingerprint density at radius 1 is 1.33 bits per heavy atom. The lowest BCUT2D eigenvalue weighted by Gasteiger charge is -2.13. The molecule has 0 radical (unpaired) electrons. The van der Waals surface area contributed by atoms with Crippen molar-refractivity contribution in [2.45, 2.75) is 6.92 Å². The summed E-state index contributed by atoms with van der Waals surface area (Å²) in [7, 11) is 0. The summed E-state index contributed by atoms with van der Waals surface area (Å²) in [6.45, 7) is 1.93. The van der Waals surface area contributed by atoms with Gasteiger partial charge in [-0.25, -0.2) is 9.18 Å². The van der Waals surface area contributed by atoms with Crippen LogP contribution < -0.4 is 10.5 Å². The number of esters is 1. The van der Waals surface area contributed by atoms with Crippen molar-refractivity contribution in [2.75, 3.05) is 12.3 Å². The first-order valence-electron chi connectivity index (χ1n) is 6.21. The quantitative estimate of drug-likeness (QED) is 0.684. The number of ether oxygens (including phenoxy) is 2. The van der Waals surface area contributed by atoms with Crippen molar-refractivity contribution in [1.29, 1.82) is 0 Å². The van der Waals surface area contributed by atoms with E-state index in [2.05, 4.69) is 0 Å². The molecule has 21 heavy (non-hydrogen) atoms. The van der Waals surface area contributed by atoms with E-state index >= 15 is 0 Å². The van der Waals surface area contributed by atoms with E-state index in [4.69, 9.17) is 26.8 Å². The second-order valence-corrected chi connectivity index (χ2v) is 4.53. The fourth-order valence-corrected chi connectivity index (χ4v) is 1.87. The summed E-state index contributed by atoms with van der Waals surface area (Å²) in [4.78, 5) is 11.9. The molecule has 2 rings (SSSR count). The molecule has 0 amide bonds. The third-order valence-electron chi connectivity index (χ3n) is 2.65. The highest BCUT2D eigenvalue weighted by molar-refractivity contribution is 6.30. The van der Waals surface area contributed by atoms with Crippen molar-refractivity contribution in [3.63, 3.8) is 0 Å². The van der Waals surface area contributed by atoms with Gasteiger partial charge >= 0.3 is 5.97 Å². The minimum absolute atomic E-state index is 0.0836. The van der Waals surface area contributed by atoms with E-state index in [0.29, 0.717) is 0 Å². The summed E-state index contributed by atoms with van der Waals surface area (Å²) in [6, 6.07) is 8.60. The van der Waals surface area contributed by atoms with Crippen molar-refractivity contribution >= 4 is 23.3 Å². The van der Waals surface area contributed by atoms with E-state index in [9.17, 15) is 9.18 Å². The van der Waals surface area contributed by atoms with Crippen molar-refractivity contribution in [3.05, 3.63) is 52.8 Å². The molecule has 0 atom stereocenters. The van der Waals surface area contributed by atoms with Crippen LogP contribution in [0.15, 0.2) is 36.4 Å². The molecule has 2 aromatic rings. The molecule has 110 valence electrons. The molecule has 0 saturated heterocycles. The van der Waals surface area contributed by atoms with E-state index in [0.717, 1.165) is 0 Å².